The van der Waals surface area contributed by atoms with Gasteiger partial charge in [-0.1, -0.05) is 35.8 Å². The van der Waals surface area contributed by atoms with E-state index < -0.39 is 17.8 Å². The lowest BCUT2D eigenvalue weighted by atomic mass is 9.98. The smallest absolute Gasteiger partial charge is 0.242 e. The molecule has 1 amide bonds. The monoisotopic (exact) mass is 355 g/mol. The third-order valence-corrected chi connectivity index (χ3v) is 3.73. The van der Waals surface area contributed by atoms with Gasteiger partial charge >= 0.3 is 0 Å². The quantitative estimate of drug-likeness (QED) is 0.621. The Hall–Kier alpha value is -1.69. The van der Waals surface area contributed by atoms with Crippen molar-refractivity contribution in [1.29, 1.82) is 0 Å². The molecule has 2 atom stereocenters. The molecule has 0 aromatic heterocycles. The number of halogens is 3. The Balaban J connectivity index is 2.05. The Morgan fingerprint density at radius 1 is 1.52 bits per heavy atom. The van der Waals surface area contributed by atoms with Crippen LogP contribution in [0.3, 0.4) is 0 Å². The molecule has 0 saturated carbocycles. The van der Waals surface area contributed by atoms with Crippen LogP contribution < -0.4 is 10.6 Å². The molecule has 1 saturated heterocycles. The van der Waals surface area contributed by atoms with Gasteiger partial charge in [-0.15, -0.1) is 0 Å². The first-order chi connectivity index (χ1) is 11.0. The summed E-state index contributed by atoms with van der Waals surface area (Å²) in [6.07, 6.45) is 2.95. The molecule has 1 aromatic rings. The van der Waals surface area contributed by atoms with Crippen molar-refractivity contribution in [3.8, 4) is 0 Å². The first kappa shape index (κ1) is 17.7. The van der Waals surface area contributed by atoms with Crippen molar-refractivity contribution in [3.63, 3.8) is 0 Å². The average Bonchev–Trinajstić information content (AvgIpc) is 2.96. The van der Waals surface area contributed by atoms with Gasteiger partial charge in [0, 0.05) is 22.8 Å². The summed E-state index contributed by atoms with van der Waals surface area (Å²) in [6.45, 7) is 3.93. The van der Waals surface area contributed by atoms with Gasteiger partial charge in [-0.2, -0.15) is 0 Å². The number of allylic oxidation sites excluding steroid dienone is 1. The molecule has 2 N–H and O–H groups in total. The highest BCUT2D eigenvalue weighted by atomic mass is 35.5. The highest BCUT2D eigenvalue weighted by Crippen LogP contribution is 2.26. The second-order valence-corrected chi connectivity index (χ2v) is 5.91. The molecule has 4 nitrogen and oxygen atoms in total. The molecule has 1 heterocycles. The van der Waals surface area contributed by atoms with Gasteiger partial charge in [0.2, 0.25) is 5.91 Å². The topological polar surface area (TPSA) is 53.5 Å². The fourth-order valence-corrected chi connectivity index (χ4v) is 2.62. The lowest BCUT2D eigenvalue weighted by Crippen LogP contribution is -2.40. The van der Waals surface area contributed by atoms with Crippen LogP contribution in [0.4, 0.5) is 10.1 Å². The van der Waals surface area contributed by atoms with Gasteiger partial charge in [0.05, 0.1) is 6.04 Å². The van der Waals surface area contributed by atoms with E-state index >= 15 is 0 Å². The van der Waals surface area contributed by atoms with Crippen LogP contribution in [-0.2, 0) is 4.79 Å². The molecule has 23 heavy (non-hydrogen) atoms. The van der Waals surface area contributed by atoms with Gasteiger partial charge in [0.15, 0.2) is 0 Å². The van der Waals surface area contributed by atoms with Gasteiger partial charge in [-0.05, 0) is 37.2 Å². The molecule has 2 rings (SSSR count). The largest absolute Gasteiger partial charge is 0.325 e. The maximum atomic E-state index is 14.2. The number of nitrogens with one attached hydrogen (secondary N) is 2. The Morgan fingerprint density at radius 2 is 2.30 bits per heavy atom. The number of rotatable bonds is 5. The highest BCUT2D eigenvalue weighted by Gasteiger charge is 2.35. The Bertz CT molecular complexity index is 660. The molecule has 0 aliphatic carbocycles. The maximum Gasteiger partial charge on any atom is 0.242 e. The van der Waals surface area contributed by atoms with Gasteiger partial charge in [0.25, 0.3) is 0 Å². The third kappa shape index (κ3) is 5.16. The van der Waals surface area contributed by atoms with E-state index in [1.807, 2.05) is 0 Å². The van der Waals surface area contributed by atoms with E-state index in [0.717, 1.165) is 0 Å². The van der Waals surface area contributed by atoms with E-state index in [1.54, 1.807) is 24.3 Å². The molecule has 7 heteroatoms. The minimum Gasteiger partial charge on any atom is -0.325 e. The predicted molar refractivity (Wildman–Crippen MR) is 92.7 cm³/mol. The first-order valence-corrected chi connectivity index (χ1v) is 7.77. The van der Waals surface area contributed by atoms with Crippen LogP contribution in [0, 0.1) is 5.92 Å². The minimum atomic E-state index is -0.655. The summed E-state index contributed by atoms with van der Waals surface area (Å²) >= 11 is 11.4. The fourth-order valence-electron chi connectivity index (χ4n) is 2.37. The SMILES string of the molecule is C=C(Cl)N=C/C=C(\F)C1CCNC1C(=O)Nc1cccc(Cl)c1. The number of hydrogen-bond donors (Lipinski definition) is 2. The first-order valence-electron chi connectivity index (χ1n) is 7.01. The predicted octanol–water partition coefficient (Wildman–Crippen LogP) is 3.89. The van der Waals surface area contributed by atoms with E-state index in [1.165, 1.54) is 12.3 Å². The van der Waals surface area contributed by atoms with E-state index in [0.29, 0.717) is 23.7 Å². The summed E-state index contributed by atoms with van der Waals surface area (Å²) in [4.78, 5) is 16.0. The van der Waals surface area contributed by atoms with Crippen LogP contribution in [0.5, 0.6) is 0 Å². The number of carbonyl (C=O) groups is 1. The Labute approximate surface area is 144 Å². The van der Waals surface area contributed by atoms with Crippen LogP contribution in [0.1, 0.15) is 6.42 Å². The fraction of sp³-hybridized carbons (Fsp3) is 0.250. The van der Waals surface area contributed by atoms with Crippen LogP contribution in [-0.4, -0.2) is 24.7 Å². The molecule has 1 aliphatic rings. The lowest BCUT2D eigenvalue weighted by molar-refractivity contribution is -0.118. The standard InChI is InChI=1S/C16H16Cl2FN3O/c1-10(17)20-8-6-14(19)13-5-7-21-15(13)16(23)22-12-4-2-3-11(18)9-12/h2-4,6,8-9,13,15,21H,1,5,7H2,(H,22,23)/b14-6-,20-8?. The molecule has 1 aromatic carbocycles. The number of nitrogens with zero attached hydrogens (tertiary/aromatic N) is 1. The summed E-state index contributed by atoms with van der Waals surface area (Å²) in [5, 5.41) is 6.32. The number of carbonyl (C=O) groups excluding carboxylic acids is 1. The zero-order valence-electron chi connectivity index (χ0n) is 12.2. The Morgan fingerprint density at radius 3 is 3.00 bits per heavy atom. The van der Waals surface area contributed by atoms with Gasteiger partial charge in [-0.25, -0.2) is 9.38 Å². The molecular weight excluding hydrogens is 340 g/mol. The minimum absolute atomic E-state index is 0.0637. The van der Waals surface area contributed by atoms with Crippen LogP contribution in [0.15, 0.2) is 52.9 Å². The zero-order valence-corrected chi connectivity index (χ0v) is 13.7. The molecule has 1 fully saturated rings. The van der Waals surface area contributed by atoms with Crippen molar-refractivity contribution >= 4 is 41.0 Å². The van der Waals surface area contributed by atoms with Crippen molar-refractivity contribution in [2.75, 3.05) is 11.9 Å². The van der Waals surface area contributed by atoms with Crippen LogP contribution in [0.2, 0.25) is 5.02 Å². The number of amides is 1. The van der Waals surface area contributed by atoms with Crippen molar-refractivity contribution in [1.82, 2.24) is 5.32 Å². The molecule has 2 unspecified atom stereocenters. The summed E-state index contributed by atoms with van der Waals surface area (Å²) in [6, 6.07) is 6.14. The van der Waals surface area contributed by atoms with E-state index in [2.05, 4.69) is 22.2 Å². The number of aliphatic imine (C=N–C) groups is 1. The Kier molecular flexibility index (Phi) is 6.33. The molecule has 0 radical (unpaired) electrons. The summed E-state index contributed by atoms with van der Waals surface area (Å²) in [5.41, 5.74) is 0.569. The van der Waals surface area contributed by atoms with E-state index in [-0.39, 0.29) is 11.1 Å². The maximum absolute atomic E-state index is 14.2. The van der Waals surface area contributed by atoms with Crippen LogP contribution >= 0.6 is 23.2 Å². The van der Waals surface area contributed by atoms with E-state index in [9.17, 15) is 9.18 Å². The molecule has 0 bridgehead atoms. The average molecular weight is 356 g/mol. The lowest BCUT2D eigenvalue weighted by Gasteiger charge is -2.17. The van der Waals surface area contributed by atoms with E-state index in [4.69, 9.17) is 23.2 Å². The second kappa shape index (κ2) is 8.24. The molecular formula is C16H16Cl2FN3O. The highest BCUT2D eigenvalue weighted by molar-refractivity contribution is 6.31. The number of anilines is 1. The summed E-state index contributed by atoms with van der Waals surface area (Å²) < 4.78 is 14.2. The van der Waals surface area contributed by atoms with Crippen molar-refractivity contribution in [3.05, 3.63) is 52.9 Å². The van der Waals surface area contributed by atoms with Crippen molar-refractivity contribution in [2.45, 2.75) is 12.5 Å². The molecule has 1 aliphatic heterocycles. The second-order valence-electron chi connectivity index (χ2n) is 5.03. The van der Waals surface area contributed by atoms with Crippen LogP contribution in [0.25, 0.3) is 0 Å². The normalized spacial score (nSPS) is 21.6. The number of hydrogen-bond acceptors (Lipinski definition) is 3. The third-order valence-electron chi connectivity index (χ3n) is 3.40. The van der Waals surface area contributed by atoms with Gasteiger partial charge < -0.3 is 10.6 Å². The zero-order chi connectivity index (χ0) is 16.8. The van der Waals surface area contributed by atoms with Crippen molar-refractivity contribution < 1.29 is 9.18 Å². The molecule has 122 valence electrons. The van der Waals surface area contributed by atoms with Crippen molar-refractivity contribution in [2.24, 2.45) is 10.9 Å². The van der Waals surface area contributed by atoms with Gasteiger partial charge in [0.1, 0.15) is 11.0 Å². The number of benzene rings is 1. The van der Waals surface area contributed by atoms with Gasteiger partial charge in [-0.3, -0.25) is 4.79 Å². The summed E-state index contributed by atoms with van der Waals surface area (Å²) in [7, 11) is 0. The molecule has 0 spiro atoms. The summed E-state index contributed by atoms with van der Waals surface area (Å²) in [5.74, 6) is -1.29.